The number of nitrogens with zero attached hydrogens (tertiary/aromatic N) is 1. The van der Waals surface area contributed by atoms with E-state index in [1.54, 1.807) is 12.1 Å². The quantitative estimate of drug-likeness (QED) is 0.183. The van der Waals surface area contributed by atoms with Gasteiger partial charge in [-0.25, -0.2) is 14.2 Å². The Kier molecular flexibility index (Phi) is 9.17. The number of esters is 1. The van der Waals surface area contributed by atoms with Gasteiger partial charge in [0, 0.05) is 11.1 Å². The molecule has 6 nitrogen and oxygen atoms in total. The van der Waals surface area contributed by atoms with Crippen molar-refractivity contribution in [2.24, 2.45) is 0 Å². The maximum Gasteiger partial charge on any atom is 0.542 e. The molecule has 198 valence electrons. The minimum absolute atomic E-state index is 0.0961. The molecule has 0 saturated heterocycles. The van der Waals surface area contributed by atoms with Gasteiger partial charge in [-0.1, -0.05) is 70.2 Å². The second-order valence-electron chi connectivity index (χ2n) is 9.56. The lowest BCUT2D eigenvalue weighted by Crippen LogP contribution is -2.46. The third kappa shape index (κ3) is 5.39. The molecule has 3 atom stereocenters. The Morgan fingerprint density at radius 3 is 2.11 bits per heavy atom. The van der Waals surface area contributed by atoms with Crippen LogP contribution in [0.5, 0.6) is 5.75 Å². The lowest BCUT2D eigenvalue weighted by atomic mass is 9.86. The third-order valence-electron chi connectivity index (χ3n) is 6.31. The van der Waals surface area contributed by atoms with Crippen molar-refractivity contribution < 1.29 is 28.1 Å². The molecule has 0 spiro atoms. The van der Waals surface area contributed by atoms with Crippen LogP contribution in [-0.4, -0.2) is 34.4 Å². The van der Waals surface area contributed by atoms with E-state index in [-0.39, 0.29) is 17.6 Å². The van der Waals surface area contributed by atoms with Crippen LogP contribution < -0.4 is 4.74 Å². The molecule has 3 rings (SSSR count). The summed E-state index contributed by atoms with van der Waals surface area (Å²) in [6.45, 7) is 9.03. The maximum atomic E-state index is 13.9. The van der Waals surface area contributed by atoms with Gasteiger partial charge in [-0.05, 0) is 52.5 Å². The highest BCUT2D eigenvalue weighted by molar-refractivity contribution is 7.43. The van der Waals surface area contributed by atoms with E-state index in [0.717, 1.165) is 18.2 Å². The van der Waals surface area contributed by atoms with Crippen LogP contribution in [-0.2, 0) is 13.9 Å². The fraction of sp³-hybridized carbons (Fsp3) is 0.333. The standard InChI is InChI=1S/C30H32FNO5P/c1-8-30(20(6)33,38(35)36-7)29(34)37-28-25(21-14-16-23(31)17-15-21)24(18(2)3)27(32-26(28)19(4)5)22-12-10-9-11-13-22/h1,9-20,33H,2-7H3/q+1. The molecule has 3 aromatic rings. The number of benzene rings is 2. The van der Waals surface area contributed by atoms with Gasteiger partial charge in [-0.15, -0.1) is 10.9 Å². The monoisotopic (exact) mass is 536 g/mol. The van der Waals surface area contributed by atoms with Crippen molar-refractivity contribution in [2.75, 3.05) is 7.11 Å². The number of aliphatic hydroxyl groups excluding tert-OH is 1. The van der Waals surface area contributed by atoms with Crippen molar-refractivity contribution in [3.05, 3.63) is 71.7 Å². The van der Waals surface area contributed by atoms with Crippen LogP contribution in [0.25, 0.3) is 22.4 Å². The Morgan fingerprint density at radius 2 is 1.63 bits per heavy atom. The van der Waals surface area contributed by atoms with Crippen molar-refractivity contribution in [3.8, 4) is 40.5 Å². The first kappa shape index (κ1) is 29.1. The van der Waals surface area contributed by atoms with Crippen molar-refractivity contribution in [3.63, 3.8) is 0 Å². The van der Waals surface area contributed by atoms with Gasteiger partial charge in [0.15, 0.2) is 5.75 Å². The maximum absolute atomic E-state index is 13.9. The second kappa shape index (κ2) is 12.0. The number of carbonyl (C=O) groups is 1. The minimum Gasteiger partial charge on any atom is -0.419 e. The van der Waals surface area contributed by atoms with Crippen molar-refractivity contribution in [2.45, 2.75) is 57.7 Å². The van der Waals surface area contributed by atoms with Gasteiger partial charge in [0.05, 0.1) is 18.5 Å². The molecule has 8 heteroatoms. The first-order valence-corrected chi connectivity index (χ1v) is 13.5. The molecular weight excluding hydrogens is 504 g/mol. The van der Waals surface area contributed by atoms with Gasteiger partial charge >= 0.3 is 19.2 Å². The topological polar surface area (TPSA) is 85.7 Å². The summed E-state index contributed by atoms with van der Waals surface area (Å²) >= 11 is 0. The van der Waals surface area contributed by atoms with E-state index in [4.69, 9.17) is 20.7 Å². The molecule has 1 N–H and O–H groups in total. The molecule has 0 aliphatic rings. The Labute approximate surface area is 224 Å². The number of terminal acetylenes is 1. The number of rotatable bonds is 9. The van der Waals surface area contributed by atoms with Crippen LogP contribution in [0.1, 0.15) is 57.7 Å². The Hall–Kier alpha value is -3.43. The first-order chi connectivity index (χ1) is 18.0. The lowest BCUT2D eigenvalue weighted by Gasteiger charge is -2.26. The van der Waals surface area contributed by atoms with E-state index < -0.39 is 31.1 Å². The predicted octanol–water partition coefficient (Wildman–Crippen LogP) is 6.85. The molecule has 0 saturated carbocycles. The normalized spacial score (nSPS) is 14.1. The average molecular weight is 537 g/mol. The number of hydrogen-bond donors (Lipinski definition) is 1. The number of pyridine rings is 1. The van der Waals surface area contributed by atoms with E-state index in [9.17, 15) is 18.9 Å². The number of carbonyl (C=O) groups excluding carboxylic acids is 1. The summed E-state index contributed by atoms with van der Waals surface area (Å²) in [6.07, 6.45) is 4.11. The number of aromatic nitrogens is 1. The van der Waals surface area contributed by atoms with Crippen LogP contribution >= 0.6 is 8.03 Å². The lowest BCUT2D eigenvalue weighted by molar-refractivity contribution is -0.138. The number of hydrogen-bond acceptors (Lipinski definition) is 6. The zero-order valence-corrected chi connectivity index (χ0v) is 23.3. The van der Waals surface area contributed by atoms with E-state index >= 15 is 0 Å². The molecule has 2 aromatic carbocycles. The predicted molar refractivity (Wildman–Crippen MR) is 147 cm³/mol. The first-order valence-electron chi connectivity index (χ1n) is 12.3. The van der Waals surface area contributed by atoms with Crippen LogP contribution in [0.15, 0.2) is 54.6 Å². The second-order valence-corrected chi connectivity index (χ2v) is 11.1. The smallest absolute Gasteiger partial charge is 0.419 e. The number of halogens is 1. The zero-order chi connectivity index (χ0) is 28.2. The summed E-state index contributed by atoms with van der Waals surface area (Å²) in [5, 5.41) is 8.22. The highest BCUT2D eigenvalue weighted by Gasteiger charge is 2.63. The molecule has 1 heterocycles. The van der Waals surface area contributed by atoms with Gasteiger partial charge in [0.25, 0.3) is 0 Å². The largest absolute Gasteiger partial charge is 0.542 e. The van der Waals surface area contributed by atoms with Crippen LogP contribution in [0, 0.1) is 18.2 Å². The average Bonchev–Trinajstić information content (AvgIpc) is 2.89. The fourth-order valence-electron chi connectivity index (χ4n) is 4.32. The summed E-state index contributed by atoms with van der Waals surface area (Å²) in [7, 11) is -1.70. The van der Waals surface area contributed by atoms with Gasteiger partial charge in [-0.2, -0.15) is 0 Å². The van der Waals surface area contributed by atoms with Gasteiger partial charge in [0.2, 0.25) is 0 Å². The van der Waals surface area contributed by atoms with Gasteiger partial charge in [0.1, 0.15) is 11.9 Å². The van der Waals surface area contributed by atoms with Crippen LogP contribution in [0.4, 0.5) is 4.39 Å². The van der Waals surface area contributed by atoms with Crippen molar-refractivity contribution in [1.29, 1.82) is 0 Å². The molecule has 0 aliphatic heterocycles. The fourth-order valence-corrected chi connectivity index (χ4v) is 5.21. The molecule has 1 aromatic heterocycles. The third-order valence-corrected chi connectivity index (χ3v) is 7.90. The van der Waals surface area contributed by atoms with Crippen LogP contribution in [0.3, 0.4) is 0 Å². The van der Waals surface area contributed by atoms with E-state index in [1.807, 2.05) is 58.0 Å². The van der Waals surface area contributed by atoms with E-state index in [2.05, 4.69) is 5.92 Å². The summed E-state index contributed by atoms with van der Waals surface area (Å²) in [5.74, 6) is 0.445. The molecule has 0 bridgehead atoms. The highest BCUT2D eigenvalue weighted by Crippen LogP contribution is 2.48. The number of aliphatic hydroxyl groups is 1. The highest BCUT2D eigenvalue weighted by atomic mass is 31.1. The zero-order valence-electron chi connectivity index (χ0n) is 22.4. The van der Waals surface area contributed by atoms with Crippen LogP contribution in [0.2, 0.25) is 0 Å². The van der Waals surface area contributed by atoms with Crippen molar-refractivity contribution in [1.82, 2.24) is 4.98 Å². The summed E-state index contributed by atoms with van der Waals surface area (Å²) < 4.78 is 37.7. The van der Waals surface area contributed by atoms with Gasteiger partial charge < -0.3 is 9.84 Å². The number of ether oxygens (including phenoxy) is 1. The summed E-state index contributed by atoms with van der Waals surface area (Å²) in [4.78, 5) is 18.6. The molecule has 0 amide bonds. The summed E-state index contributed by atoms with van der Waals surface area (Å²) in [5.41, 5.74) is 3.92. The molecule has 0 fully saturated rings. The Morgan fingerprint density at radius 1 is 1.03 bits per heavy atom. The van der Waals surface area contributed by atoms with Gasteiger partial charge in [-0.3, -0.25) is 0 Å². The molecule has 0 aliphatic carbocycles. The molecule has 3 unspecified atom stereocenters. The van der Waals surface area contributed by atoms with E-state index in [1.165, 1.54) is 19.1 Å². The van der Waals surface area contributed by atoms with Crippen molar-refractivity contribution >= 4 is 14.0 Å². The summed E-state index contributed by atoms with van der Waals surface area (Å²) in [6, 6.07) is 15.5. The minimum atomic E-state index is -2.84. The Bertz CT molecular complexity index is 1360. The molecular formula is C30H32FNO5P+. The SMILES string of the molecule is C#CC(C(=O)Oc1c(C(C)C)nc(-c2ccccc2)c(C(C)C)c1-c1ccc(F)cc1)(C(C)O)[P+](=O)OC. The van der Waals surface area contributed by atoms with E-state index in [0.29, 0.717) is 22.5 Å². The molecule has 38 heavy (non-hydrogen) atoms. The molecule has 0 radical (unpaired) electrons. The Balaban J connectivity index is 2.45.